The summed E-state index contributed by atoms with van der Waals surface area (Å²) >= 11 is 5.63. The van der Waals surface area contributed by atoms with Crippen LogP contribution in [0.1, 0.15) is 20.8 Å². The molecule has 1 aromatic heterocycles. The molecule has 1 amide bonds. The second-order valence-electron chi connectivity index (χ2n) is 4.63. The molecular weight excluding hydrogens is 258 g/mol. The molecule has 1 aromatic rings. The quantitative estimate of drug-likeness (QED) is 0.516. The van der Waals surface area contributed by atoms with Gasteiger partial charge in [-0.25, -0.2) is 14.5 Å². The first-order valence-corrected chi connectivity index (χ1v) is 5.71. The Balaban J connectivity index is 2.82. The Labute approximate surface area is 110 Å². The van der Waals surface area contributed by atoms with Gasteiger partial charge in [-0.2, -0.15) is 0 Å². The molecule has 0 aliphatic carbocycles. The monoisotopic (exact) mass is 273 g/mol. The molecule has 1 rings (SSSR count). The molecule has 0 fully saturated rings. The number of aromatic nitrogens is 3. The van der Waals surface area contributed by atoms with Gasteiger partial charge in [-0.1, -0.05) is 25.9 Å². The fraction of sp³-hybridized carbons (Fsp3) is 0.600. The number of carbonyl (C=O) groups excluding carboxylic acids is 1. The number of rotatable bonds is 3. The second-order valence-corrected chi connectivity index (χ2v) is 4.97. The summed E-state index contributed by atoms with van der Waals surface area (Å²) in [6.07, 6.45) is 0.872. The molecule has 100 valence electrons. The van der Waals surface area contributed by atoms with Crippen molar-refractivity contribution in [3.63, 3.8) is 0 Å². The minimum atomic E-state index is -0.617. The zero-order valence-corrected chi connectivity index (χ0v) is 11.5. The maximum Gasteiger partial charge on any atom is 0.433 e. The van der Waals surface area contributed by atoms with Crippen molar-refractivity contribution in [2.45, 2.75) is 27.3 Å². The van der Waals surface area contributed by atoms with E-state index in [9.17, 15) is 4.79 Å². The third-order valence-corrected chi connectivity index (χ3v) is 2.30. The second kappa shape index (κ2) is 5.81. The predicted octanol–water partition coefficient (Wildman–Crippen LogP) is 1.69. The van der Waals surface area contributed by atoms with Crippen molar-refractivity contribution in [1.82, 2.24) is 20.1 Å². The van der Waals surface area contributed by atoms with Gasteiger partial charge in [0.15, 0.2) is 0 Å². The van der Waals surface area contributed by atoms with E-state index >= 15 is 0 Å². The lowest BCUT2D eigenvalue weighted by Crippen LogP contribution is -2.27. The van der Waals surface area contributed by atoms with E-state index in [1.165, 1.54) is 18.1 Å². The molecule has 8 heteroatoms. The van der Waals surface area contributed by atoms with Crippen LogP contribution in [0.4, 0.5) is 4.79 Å². The molecular formula is C10H16ClN5O2. The third-order valence-electron chi connectivity index (χ3n) is 2.13. The molecule has 0 spiro atoms. The topological polar surface area (TPSA) is 81.4 Å². The van der Waals surface area contributed by atoms with Crippen molar-refractivity contribution in [1.29, 1.82) is 0 Å². The van der Waals surface area contributed by atoms with Crippen LogP contribution in [0.15, 0.2) is 11.5 Å². The average molecular weight is 274 g/mol. The van der Waals surface area contributed by atoms with Crippen LogP contribution in [0, 0.1) is 5.41 Å². The number of amides is 1. The van der Waals surface area contributed by atoms with E-state index in [4.69, 9.17) is 16.4 Å². The predicted molar refractivity (Wildman–Crippen MR) is 67.5 cm³/mol. The molecule has 0 saturated heterocycles. The van der Waals surface area contributed by atoms with Gasteiger partial charge in [0, 0.05) is 12.5 Å². The van der Waals surface area contributed by atoms with Crippen molar-refractivity contribution >= 4 is 23.4 Å². The molecule has 0 aliphatic rings. The van der Waals surface area contributed by atoms with Crippen LogP contribution in [-0.2, 0) is 11.4 Å². The summed E-state index contributed by atoms with van der Waals surface area (Å²) in [6, 6.07) is 0. The van der Waals surface area contributed by atoms with Crippen molar-refractivity contribution in [3.8, 4) is 0 Å². The Morgan fingerprint density at radius 2 is 2.28 bits per heavy atom. The number of hydrogen-bond acceptors (Lipinski definition) is 5. The summed E-state index contributed by atoms with van der Waals surface area (Å²) in [5.74, 6) is 0. The lowest BCUT2D eigenvalue weighted by atomic mass is 9.90. The third kappa shape index (κ3) is 4.33. The van der Waals surface area contributed by atoms with Crippen molar-refractivity contribution < 1.29 is 9.63 Å². The standard InChI is InChI=1S/C10H16ClN5O2/c1-10(2,3)7(15-18-9(17)12-4)5-16-6-13-8(11)14-16/h6H,5H2,1-4H3,(H,12,17). The normalized spacial score (nSPS) is 12.4. The molecule has 7 nitrogen and oxygen atoms in total. The fourth-order valence-corrected chi connectivity index (χ4v) is 1.19. The van der Waals surface area contributed by atoms with E-state index in [0.29, 0.717) is 12.3 Å². The number of halogens is 1. The van der Waals surface area contributed by atoms with Gasteiger partial charge in [0.2, 0.25) is 5.28 Å². The highest BCUT2D eigenvalue weighted by molar-refractivity contribution is 6.28. The molecule has 0 aliphatic heterocycles. The molecule has 0 atom stereocenters. The van der Waals surface area contributed by atoms with Crippen molar-refractivity contribution in [3.05, 3.63) is 11.6 Å². The molecule has 1 heterocycles. The van der Waals surface area contributed by atoms with Gasteiger partial charge in [0.25, 0.3) is 0 Å². The Bertz CT molecular complexity index is 449. The number of nitrogens with zero attached hydrogens (tertiary/aromatic N) is 4. The van der Waals surface area contributed by atoms with Gasteiger partial charge in [-0.15, -0.1) is 5.10 Å². The Morgan fingerprint density at radius 3 is 2.72 bits per heavy atom. The van der Waals surface area contributed by atoms with Gasteiger partial charge in [0.1, 0.15) is 6.33 Å². The highest BCUT2D eigenvalue weighted by atomic mass is 35.5. The SMILES string of the molecule is CNC(=O)ON=C(Cn1cnc(Cl)n1)C(C)(C)C. The van der Waals surface area contributed by atoms with Crippen LogP contribution in [0.5, 0.6) is 0 Å². The van der Waals surface area contributed by atoms with E-state index in [0.717, 1.165) is 0 Å². The maximum absolute atomic E-state index is 11.0. The lowest BCUT2D eigenvalue weighted by molar-refractivity contribution is 0.151. The fourth-order valence-electron chi connectivity index (χ4n) is 1.05. The van der Waals surface area contributed by atoms with Gasteiger partial charge >= 0.3 is 6.09 Å². The summed E-state index contributed by atoms with van der Waals surface area (Å²) in [5, 5.41) is 10.3. The average Bonchev–Trinajstić information content (AvgIpc) is 2.68. The van der Waals surface area contributed by atoms with Crippen LogP contribution >= 0.6 is 11.6 Å². The van der Waals surface area contributed by atoms with Crippen molar-refractivity contribution in [2.24, 2.45) is 10.6 Å². The number of carbonyl (C=O) groups is 1. The highest BCUT2D eigenvalue weighted by Crippen LogP contribution is 2.18. The van der Waals surface area contributed by atoms with E-state index in [2.05, 4.69) is 20.6 Å². The Kier molecular flexibility index (Phi) is 4.66. The zero-order valence-electron chi connectivity index (χ0n) is 10.8. The lowest BCUT2D eigenvalue weighted by Gasteiger charge is -2.20. The minimum Gasteiger partial charge on any atom is -0.323 e. The van der Waals surface area contributed by atoms with Crippen LogP contribution < -0.4 is 5.32 Å². The number of nitrogens with one attached hydrogen (secondary N) is 1. The van der Waals surface area contributed by atoms with Gasteiger partial charge < -0.3 is 5.32 Å². The van der Waals surface area contributed by atoms with Crippen molar-refractivity contribution in [2.75, 3.05) is 7.05 Å². The van der Waals surface area contributed by atoms with Gasteiger partial charge in [-0.05, 0) is 11.6 Å². The van der Waals surface area contributed by atoms with E-state index < -0.39 is 6.09 Å². The van der Waals surface area contributed by atoms with Crippen LogP contribution in [-0.4, -0.2) is 33.6 Å². The molecule has 0 unspecified atom stereocenters. The van der Waals surface area contributed by atoms with E-state index in [1.807, 2.05) is 20.8 Å². The molecule has 18 heavy (non-hydrogen) atoms. The first-order valence-electron chi connectivity index (χ1n) is 5.34. The van der Waals surface area contributed by atoms with Gasteiger partial charge in [-0.3, -0.25) is 4.84 Å². The molecule has 0 radical (unpaired) electrons. The van der Waals surface area contributed by atoms with Gasteiger partial charge in [0.05, 0.1) is 12.3 Å². The molecule has 1 N–H and O–H groups in total. The molecule has 0 saturated carbocycles. The Morgan fingerprint density at radius 1 is 1.61 bits per heavy atom. The first kappa shape index (κ1) is 14.4. The summed E-state index contributed by atoms with van der Waals surface area (Å²) in [5.41, 5.74) is 0.375. The number of hydrogen-bond donors (Lipinski definition) is 1. The van der Waals surface area contributed by atoms with E-state index in [1.54, 1.807) is 0 Å². The largest absolute Gasteiger partial charge is 0.433 e. The summed E-state index contributed by atoms with van der Waals surface area (Å²) in [4.78, 5) is 19.5. The van der Waals surface area contributed by atoms with Crippen LogP contribution in [0.3, 0.4) is 0 Å². The Hall–Kier alpha value is -1.63. The minimum absolute atomic E-state index is 0.162. The highest BCUT2D eigenvalue weighted by Gasteiger charge is 2.21. The molecule has 0 aromatic carbocycles. The van der Waals surface area contributed by atoms with Crippen LogP contribution in [0.2, 0.25) is 5.28 Å². The first-order chi connectivity index (χ1) is 8.32. The van der Waals surface area contributed by atoms with E-state index in [-0.39, 0.29) is 10.7 Å². The summed E-state index contributed by atoms with van der Waals surface area (Å²) < 4.78 is 1.53. The smallest absolute Gasteiger partial charge is 0.323 e. The zero-order chi connectivity index (χ0) is 13.8. The maximum atomic E-state index is 11.0. The molecule has 0 bridgehead atoms. The summed E-state index contributed by atoms with van der Waals surface area (Å²) in [6.45, 7) is 6.22. The number of oxime groups is 1. The van der Waals surface area contributed by atoms with Crippen LogP contribution in [0.25, 0.3) is 0 Å². The summed E-state index contributed by atoms with van der Waals surface area (Å²) in [7, 11) is 1.46.